The largest absolute Gasteiger partial charge is 0.381 e. The van der Waals surface area contributed by atoms with Crippen molar-refractivity contribution < 1.29 is 18.6 Å². The highest BCUT2D eigenvalue weighted by atomic mass is 35.5. The van der Waals surface area contributed by atoms with Gasteiger partial charge in [-0.2, -0.15) is 19.1 Å². The van der Waals surface area contributed by atoms with E-state index in [1.807, 2.05) is 27.8 Å². The van der Waals surface area contributed by atoms with Gasteiger partial charge in [0, 0.05) is 63.9 Å². The summed E-state index contributed by atoms with van der Waals surface area (Å²) in [6.45, 7) is 18.3. The van der Waals surface area contributed by atoms with Gasteiger partial charge in [-0.15, -0.1) is 0 Å². The van der Waals surface area contributed by atoms with Gasteiger partial charge in [0.25, 0.3) is 9.79 Å². The molecule has 2 saturated heterocycles. The van der Waals surface area contributed by atoms with Crippen LogP contribution in [0.4, 0.5) is 17.6 Å². The standard InChI is InChI=1S/C18H31N4O2S.C10H15ClN3OS.C8H17NO/c1-18(2,3)21-16-15-14(8-12-25(15)23)19-17(20-16)22(4)9-5-13-6-10-24-11-7-13;1-10(2,3)14-8-7-6(4-5-16(7)15)12-9(11)13-8;1-9-5-2-8-3-6-10-7-4-8/h13,23H,5-12H2,1-4H3,(H,19,20,21);15H,4-5H2,1-3H3,(H,12,13,14);8-9H,2-7H2,1H3/q2*+1;. The summed E-state index contributed by atoms with van der Waals surface area (Å²) in [6, 6.07) is 0. The molecule has 2 fully saturated rings. The van der Waals surface area contributed by atoms with Gasteiger partial charge in [-0.3, -0.25) is 0 Å². The zero-order valence-electron chi connectivity index (χ0n) is 32.1. The molecule has 4 aliphatic heterocycles. The summed E-state index contributed by atoms with van der Waals surface area (Å²) in [6.07, 6.45) is 8.91. The number of aromatic nitrogens is 4. The molecule has 4 aliphatic rings. The van der Waals surface area contributed by atoms with Crippen LogP contribution in [-0.2, 0) is 44.7 Å². The lowest BCUT2D eigenvalue weighted by atomic mass is 9.96. The van der Waals surface area contributed by atoms with Gasteiger partial charge in [0.15, 0.2) is 45.5 Å². The molecule has 6 rings (SSSR count). The molecular formula is C36H63ClN8O4S2+2. The maximum absolute atomic E-state index is 10.3. The van der Waals surface area contributed by atoms with Crippen LogP contribution in [0.1, 0.15) is 91.5 Å². The van der Waals surface area contributed by atoms with E-state index < -0.39 is 22.4 Å². The van der Waals surface area contributed by atoms with Gasteiger partial charge in [-0.25, -0.2) is 9.97 Å². The van der Waals surface area contributed by atoms with Crippen LogP contribution in [0.3, 0.4) is 0 Å². The minimum Gasteiger partial charge on any atom is -0.381 e. The summed E-state index contributed by atoms with van der Waals surface area (Å²) in [5, 5.41) is 10.1. The Morgan fingerprint density at radius 2 is 1.22 bits per heavy atom. The van der Waals surface area contributed by atoms with E-state index in [2.05, 4.69) is 58.6 Å². The first kappa shape index (κ1) is 42.1. The molecule has 2 unspecified atom stereocenters. The highest BCUT2D eigenvalue weighted by Crippen LogP contribution is 2.34. The van der Waals surface area contributed by atoms with Crippen molar-refractivity contribution in [2.75, 3.05) is 80.7 Å². The van der Waals surface area contributed by atoms with Crippen molar-refractivity contribution >= 4 is 51.5 Å². The molecule has 0 saturated carbocycles. The number of nitrogens with one attached hydrogen (secondary N) is 3. The number of halogens is 1. The predicted molar refractivity (Wildman–Crippen MR) is 213 cm³/mol. The normalized spacial score (nSPS) is 20.8. The summed E-state index contributed by atoms with van der Waals surface area (Å²) in [5.41, 5.74) is 1.66. The molecule has 12 nitrogen and oxygen atoms in total. The van der Waals surface area contributed by atoms with Crippen LogP contribution in [0.25, 0.3) is 0 Å². The van der Waals surface area contributed by atoms with E-state index in [1.165, 1.54) is 19.3 Å². The summed E-state index contributed by atoms with van der Waals surface area (Å²) in [5.74, 6) is 5.37. The van der Waals surface area contributed by atoms with E-state index in [-0.39, 0.29) is 16.4 Å². The van der Waals surface area contributed by atoms with Crippen molar-refractivity contribution in [2.45, 2.75) is 114 Å². The lowest BCUT2D eigenvalue weighted by Gasteiger charge is -2.26. The van der Waals surface area contributed by atoms with Crippen molar-refractivity contribution in [2.24, 2.45) is 11.8 Å². The molecule has 0 aromatic carbocycles. The van der Waals surface area contributed by atoms with E-state index in [0.717, 1.165) is 128 Å². The van der Waals surface area contributed by atoms with Crippen LogP contribution in [0.2, 0.25) is 5.28 Å². The summed E-state index contributed by atoms with van der Waals surface area (Å²) < 4.78 is 31.0. The molecule has 51 heavy (non-hydrogen) atoms. The Morgan fingerprint density at radius 3 is 1.71 bits per heavy atom. The molecule has 0 bridgehead atoms. The Bertz CT molecular complexity index is 1380. The van der Waals surface area contributed by atoms with Gasteiger partial charge in [-0.05, 0) is 117 Å². The highest BCUT2D eigenvalue weighted by molar-refractivity contribution is 7.92. The van der Waals surface area contributed by atoms with Gasteiger partial charge in [0.1, 0.15) is 11.4 Å². The average molecular weight is 772 g/mol. The number of aryl methyl sites for hydroxylation is 2. The van der Waals surface area contributed by atoms with E-state index in [9.17, 15) is 9.11 Å². The quantitative estimate of drug-likeness (QED) is 0.144. The van der Waals surface area contributed by atoms with Gasteiger partial charge >= 0.3 is 0 Å². The smallest absolute Gasteiger partial charge is 0.253 e. The lowest BCUT2D eigenvalue weighted by Crippen LogP contribution is -2.30. The van der Waals surface area contributed by atoms with Gasteiger partial charge < -0.3 is 30.3 Å². The topological polar surface area (TPSA) is 150 Å². The van der Waals surface area contributed by atoms with E-state index >= 15 is 0 Å². The zero-order valence-corrected chi connectivity index (χ0v) is 34.5. The van der Waals surface area contributed by atoms with Gasteiger partial charge in [0.05, 0.1) is 0 Å². The molecule has 0 radical (unpaired) electrons. The molecule has 2 aromatic rings. The Kier molecular flexibility index (Phi) is 16.2. The average Bonchev–Trinajstić information content (AvgIpc) is 3.64. The van der Waals surface area contributed by atoms with Gasteiger partial charge in [0.2, 0.25) is 11.2 Å². The second-order valence-corrected chi connectivity index (χ2v) is 19.3. The van der Waals surface area contributed by atoms with Crippen molar-refractivity contribution in [1.29, 1.82) is 0 Å². The molecule has 5 N–H and O–H groups in total. The molecule has 15 heteroatoms. The Labute approximate surface area is 317 Å². The summed E-state index contributed by atoms with van der Waals surface area (Å²) >= 11 is 4.37. The molecule has 0 amide bonds. The zero-order chi connectivity index (χ0) is 37.2. The molecule has 2 atom stereocenters. The fourth-order valence-corrected chi connectivity index (χ4v) is 9.17. The van der Waals surface area contributed by atoms with E-state index in [4.69, 9.17) is 31.0 Å². The number of rotatable bonds is 9. The summed E-state index contributed by atoms with van der Waals surface area (Å²) in [7, 11) is 4.08. The molecule has 2 aromatic heterocycles. The van der Waals surface area contributed by atoms with Crippen molar-refractivity contribution in [3.8, 4) is 0 Å². The maximum Gasteiger partial charge on any atom is 0.253 e. The first-order valence-electron chi connectivity index (χ1n) is 18.5. The van der Waals surface area contributed by atoms with Crippen molar-refractivity contribution in [1.82, 2.24) is 25.3 Å². The molecule has 0 aliphatic carbocycles. The van der Waals surface area contributed by atoms with Crippen LogP contribution >= 0.6 is 11.6 Å². The van der Waals surface area contributed by atoms with Crippen LogP contribution in [0, 0.1) is 11.8 Å². The third-order valence-electron chi connectivity index (χ3n) is 9.05. The van der Waals surface area contributed by atoms with Gasteiger partial charge in [-0.1, -0.05) is 0 Å². The first-order chi connectivity index (χ1) is 24.1. The fraction of sp³-hybridized carbons (Fsp3) is 0.778. The Morgan fingerprint density at radius 1 is 0.745 bits per heavy atom. The van der Waals surface area contributed by atoms with Crippen molar-refractivity contribution in [3.05, 3.63) is 16.7 Å². The van der Waals surface area contributed by atoms with E-state index in [1.54, 1.807) is 0 Å². The second-order valence-electron chi connectivity index (χ2n) is 15.9. The third kappa shape index (κ3) is 13.6. The molecular weight excluding hydrogens is 708 g/mol. The number of fused-ring (bicyclic) bond motifs is 2. The molecule has 6 heterocycles. The minimum atomic E-state index is -0.748. The number of ether oxygens (including phenoxy) is 2. The number of anilines is 3. The van der Waals surface area contributed by atoms with Crippen LogP contribution in [0.5, 0.6) is 0 Å². The van der Waals surface area contributed by atoms with Crippen molar-refractivity contribution in [3.63, 3.8) is 0 Å². The number of nitrogens with zero attached hydrogens (tertiary/aromatic N) is 5. The number of hydrogen-bond donors (Lipinski definition) is 5. The lowest BCUT2D eigenvalue weighted by molar-refractivity contribution is 0.0641. The second kappa shape index (κ2) is 19.6. The molecule has 0 spiro atoms. The monoisotopic (exact) mass is 770 g/mol. The predicted octanol–water partition coefficient (Wildman–Crippen LogP) is 6.32. The van der Waals surface area contributed by atoms with Crippen LogP contribution in [-0.4, -0.2) is 105 Å². The third-order valence-corrected chi connectivity index (χ3v) is 12.2. The highest BCUT2D eigenvalue weighted by Gasteiger charge is 2.40. The summed E-state index contributed by atoms with van der Waals surface area (Å²) in [4.78, 5) is 21.7. The van der Waals surface area contributed by atoms with E-state index in [0.29, 0.717) is 5.82 Å². The molecule has 288 valence electrons. The minimum absolute atomic E-state index is 0.104. The Hall–Kier alpha value is -1.65. The number of hydrogen-bond acceptors (Lipinski definition) is 12. The maximum atomic E-state index is 10.3. The fourth-order valence-electron chi connectivity index (χ4n) is 6.32. The van der Waals surface area contributed by atoms with Crippen LogP contribution in [0.15, 0.2) is 9.79 Å². The Balaban J connectivity index is 0.000000191. The first-order valence-corrected chi connectivity index (χ1v) is 21.6. The van der Waals surface area contributed by atoms with Crippen LogP contribution < -0.4 is 20.9 Å². The SMILES string of the molecule is CC(C)(C)Nc1nc(Cl)nc2c1[S+](O)CC2.CN(CCC1CCOCC1)c1nc2c(c(NC(C)(C)C)n1)[S+](O)CC2.CNCCC1CCOCC1.